The van der Waals surface area contributed by atoms with Crippen molar-refractivity contribution in [3.05, 3.63) is 81.8 Å². The summed E-state index contributed by atoms with van der Waals surface area (Å²) in [5.74, 6) is -0.402. The van der Waals surface area contributed by atoms with Gasteiger partial charge in [0.25, 0.3) is 10.0 Å². The van der Waals surface area contributed by atoms with E-state index in [9.17, 15) is 18.0 Å². The van der Waals surface area contributed by atoms with Gasteiger partial charge in [-0.2, -0.15) is 0 Å². The van der Waals surface area contributed by atoms with Gasteiger partial charge in [0.2, 0.25) is 11.8 Å². The number of methoxy groups -OCH3 is 2. The summed E-state index contributed by atoms with van der Waals surface area (Å²) in [6, 6.07) is 14.8. The van der Waals surface area contributed by atoms with Crippen LogP contribution in [0.3, 0.4) is 0 Å². The van der Waals surface area contributed by atoms with Crippen molar-refractivity contribution in [1.29, 1.82) is 0 Å². The fraction of sp³-hybridized carbons (Fsp3) is 0.310. The fourth-order valence-electron chi connectivity index (χ4n) is 4.10. The van der Waals surface area contributed by atoms with Gasteiger partial charge in [-0.15, -0.1) is 0 Å². The lowest BCUT2D eigenvalue weighted by molar-refractivity contribution is -0.139. The molecule has 12 heteroatoms. The largest absolute Gasteiger partial charge is 0.493 e. The molecular formula is C29H33Cl2N3O6S. The van der Waals surface area contributed by atoms with Gasteiger partial charge in [0, 0.05) is 34.8 Å². The number of carbonyl (C=O) groups is 2. The molecule has 0 heterocycles. The number of ether oxygens (including phenoxy) is 2. The number of hydrogen-bond donors (Lipinski definition) is 1. The Kier molecular flexibility index (Phi) is 10.9. The van der Waals surface area contributed by atoms with Gasteiger partial charge in [-0.05, 0) is 57.2 Å². The van der Waals surface area contributed by atoms with Gasteiger partial charge < -0.3 is 19.7 Å². The molecule has 3 aromatic rings. The van der Waals surface area contributed by atoms with E-state index in [1.54, 1.807) is 50.2 Å². The van der Waals surface area contributed by atoms with Gasteiger partial charge >= 0.3 is 0 Å². The van der Waals surface area contributed by atoms with Crippen LogP contribution in [0.5, 0.6) is 11.5 Å². The first-order valence-corrected chi connectivity index (χ1v) is 15.0. The normalized spacial score (nSPS) is 11.9. The van der Waals surface area contributed by atoms with Crippen LogP contribution in [-0.2, 0) is 26.2 Å². The Morgan fingerprint density at radius 3 is 2.12 bits per heavy atom. The van der Waals surface area contributed by atoms with Gasteiger partial charge in [-0.3, -0.25) is 13.9 Å². The molecule has 0 aliphatic heterocycles. The lowest BCUT2D eigenvalue weighted by atomic mass is 10.1. The van der Waals surface area contributed by atoms with Gasteiger partial charge in [-0.1, -0.05) is 47.0 Å². The van der Waals surface area contributed by atoms with E-state index < -0.39 is 34.4 Å². The second-order valence-corrected chi connectivity index (χ2v) is 11.8. The van der Waals surface area contributed by atoms with Gasteiger partial charge in [0.15, 0.2) is 11.5 Å². The summed E-state index contributed by atoms with van der Waals surface area (Å²) in [6.07, 6.45) is 0. The van der Waals surface area contributed by atoms with Crippen molar-refractivity contribution in [2.75, 3.05) is 31.6 Å². The van der Waals surface area contributed by atoms with E-state index in [2.05, 4.69) is 5.32 Å². The molecule has 0 spiro atoms. The summed E-state index contributed by atoms with van der Waals surface area (Å²) in [7, 11) is -1.37. The van der Waals surface area contributed by atoms with E-state index in [0.29, 0.717) is 27.9 Å². The predicted octanol–water partition coefficient (Wildman–Crippen LogP) is 5.07. The number of nitrogens with zero attached hydrogens (tertiary/aromatic N) is 2. The number of amides is 2. The minimum absolute atomic E-state index is 0.0110. The van der Waals surface area contributed by atoms with Crippen molar-refractivity contribution in [3.8, 4) is 11.5 Å². The molecule has 9 nitrogen and oxygen atoms in total. The van der Waals surface area contributed by atoms with E-state index in [1.807, 2.05) is 6.92 Å². The SMILES string of the molecule is CCNC(=O)[C@H](C)N(Cc1c(Cl)cccc1Cl)C(=O)CN(c1ccc(OC)c(OC)c1)S(=O)(=O)c1ccc(C)cc1. The summed E-state index contributed by atoms with van der Waals surface area (Å²) in [5, 5.41) is 3.32. The Morgan fingerprint density at radius 2 is 1.56 bits per heavy atom. The Balaban J connectivity index is 2.12. The zero-order valence-electron chi connectivity index (χ0n) is 23.5. The van der Waals surface area contributed by atoms with Crippen LogP contribution in [-0.4, -0.2) is 58.5 Å². The molecule has 0 radical (unpaired) electrons. The van der Waals surface area contributed by atoms with Crippen molar-refractivity contribution < 1.29 is 27.5 Å². The fourth-order valence-corrected chi connectivity index (χ4v) is 6.03. The maximum Gasteiger partial charge on any atom is 0.264 e. The first-order chi connectivity index (χ1) is 19.4. The maximum absolute atomic E-state index is 14.0. The number of sulfonamides is 1. The number of aryl methyl sites for hydroxylation is 1. The predicted molar refractivity (Wildman–Crippen MR) is 160 cm³/mol. The minimum Gasteiger partial charge on any atom is -0.493 e. The van der Waals surface area contributed by atoms with Crippen molar-refractivity contribution >= 4 is 50.7 Å². The zero-order chi connectivity index (χ0) is 30.3. The number of benzene rings is 3. The average molecular weight is 623 g/mol. The molecule has 0 aliphatic carbocycles. The average Bonchev–Trinajstić information content (AvgIpc) is 2.95. The van der Waals surface area contributed by atoms with Crippen LogP contribution in [0.25, 0.3) is 0 Å². The molecule has 220 valence electrons. The molecule has 1 N–H and O–H groups in total. The summed E-state index contributed by atoms with van der Waals surface area (Å²) >= 11 is 12.8. The quantitative estimate of drug-likeness (QED) is 0.303. The van der Waals surface area contributed by atoms with Crippen LogP contribution in [0.2, 0.25) is 10.0 Å². The van der Waals surface area contributed by atoms with Crippen molar-refractivity contribution in [2.24, 2.45) is 0 Å². The summed E-state index contributed by atoms with van der Waals surface area (Å²) in [5.41, 5.74) is 1.47. The van der Waals surface area contributed by atoms with Gasteiger partial charge in [-0.25, -0.2) is 8.42 Å². The number of anilines is 1. The molecular weight excluding hydrogens is 589 g/mol. The smallest absolute Gasteiger partial charge is 0.264 e. The summed E-state index contributed by atoms with van der Waals surface area (Å²) < 4.78 is 39.7. The summed E-state index contributed by atoms with van der Waals surface area (Å²) in [6.45, 7) is 4.75. The Hall–Kier alpha value is -3.47. The molecule has 41 heavy (non-hydrogen) atoms. The first-order valence-electron chi connectivity index (χ1n) is 12.8. The van der Waals surface area contributed by atoms with Crippen molar-refractivity contribution in [2.45, 2.75) is 38.3 Å². The highest BCUT2D eigenvalue weighted by Crippen LogP contribution is 2.34. The van der Waals surface area contributed by atoms with Crippen LogP contribution in [0.4, 0.5) is 5.69 Å². The molecule has 0 fully saturated rings. The van der Waals surface area contributed by atoms with Gasteiger partial charge in [0.05, 0.1) is 24.8 Å². The molecule has 3 rings (SSSR count). The minimum atomic E-state index is -4.25. The number of nitrogens with one attached hydrogen (secondary N) is 1. The van der Waals surface area contributed by atoms with Crippen molar-refractivity contribution in [3.63, 3.8) is 0 Å². The Morgan fingerprint density at radius 1 is 0.951 bits per heavy atom. The molecule has 0 saturated carbocycles. The van der Waals surface area contributed by atoms with Crippen LogP contribution in [0.15, 0.2) is 65.6 Å². The number of likely N-dealkylation sites (N-methyl/N-ethyl adjacent to an activating group) is 1. The number of rotatable bonds is 12. The monoisotopic (exact) mass is 621 g/mol. The van der Waals surface area contributed by atoms with Gasteiger partial charge in [0.1, 0.15) is 12.6 Å². The van der Waals surface area contributed by atoms with E-state index in [0.717, 1.165) is 9.87 Å². The van der Waals surface area contributed by atoms with E-state index >= 15 is 0 Å². The van der Waals surface area contributed by atoms with Crippen LogP contribution < -0.4 is 19.1 Å². The Bertz CT molecular complexity index is 1480. The second kappa shape index (κ2) is 13.9. The second-order valence-electron chi connectivity index (χ2n) is 9.16. The highest BCUT2D eigenvalue weighted by atomic mass is 35.5. The lowest BCUT2D eigenvalue weighted by Gasteiger charge is -2.32. The zero-order valence-corrected chi connectivity index (χ0v) is 25.8. The van der Waals surface area contributed by atoms with E-state index in [-0.39, 0.29) is 22.9 Å². The number of halogens is 2. The summed E-state index contributed by atoms with van der Waals surface area (Å²) in [4.78, 5) is 28.1. The molecule has 0 aliphatic rings. The third-order valence-electron chi connectivity index (χ3n) is 6.45. The molecule has 2 amide bonds. The number of carbonyl (C=O) groups excluding carboxylic acids is 2. The van der Waals surface area contributed by atoms with Crippen molar-refractivity contribution in [1.82, 2.24) is 10.2 Å². The first kappa shape index (κ1) is 32.0. The lowest BCUT2D eigenvalue weighted by Crippen LogP contribution is -2.51. The highest BCUT2D eigenvalue weighted by Gasteiger charge is 2.33. The molecule has 0 bridgehead atoms. The molecule has 0 saturated heterocycles. The highest BCUT2D eigenvalue weighted by molar-refractivity contribution is 7.92. The van der Waals surface area contributed by atoms with E-state index in [1.165, 1.54) is 43.4 Å². The van der Waals surface area contributed by atoms with Crippen LogP contribution in [0.1, 0.15) is 25.0 Å². The Labute approximate surface area is 251 Å². The molecule has 3 aromatic carbocycles. The topological polar surface area (TPSA) is 105 Å². The van der Waals surface area contributed by atoms with Crippen LogP contribution in [0, 0.1) is 6.92 Å². The standard InChI is InChI=1S/C29H33Cl2N3O6S/c1-6-32-29(36)20(3)33(17-23-24(30)8-7-9-25(23)31)28(35)18-34(21-12-15-26(39-4)27(16-21)40-5)41(37,38)22-13-10-19(2)11-14-22/h7-16,20H,6,17-18H2,1-5H3,(H,32,36)/t20-/m0/s1. The molecule has 0 unspecified atom stereocenters. The van der Waals surface area contributed by atoms with E-state index in [4.69, 9.17) is 32.7 Å². The third kappa shape index (κ3) is 7.44. The third-order valence-corrected chi connectivity index (χ3v) is 8.95. The molecule has 0 aromatic heterocycles. The van der Waals surface area contributed by atoms with Crippen LogP contribution >= 0.6 is 23.2 Å². The maximum atomic E-state index is 14.0. The molecule has 1 atom stereocenters. The number of hydrogen-bond acceptors (Lipinski definition) is 6.